The smallest absolute Gasteiger partial charge is 0.248 e. The Morgan fingerprint density at radius 1 is 1.44 bits per heavy atom. The Hall–Kier alpha value is -0.870. The maximum atomic E-state index is 11.5. The molecular formula is C12H24N2O2. The molecule has 0 saturated carbocycles. The van der Waals surface area contributed by atoms with Crippen molar-refractivity contribution in [2.24, 2.45) is 0 Å². The van der Waals surface area contributed by atoms with E-state index in [1.54, 1.807) is 13.0 Å². The van der Waals surface area contributed by atoms with Crippen molar-refractivity contribution in [1.29, 1.82) is 0 Å². The average molecular weight is 228 g/mol. The first-order valence-electron chi connectivity index (χ1n) is 5.93. The minimum absolute atomic E-state index is 0.0534. The molecule has 4 heteroatoms. The van der Waals surface area contributed by atoms with Gasteiger partial charge in [-0.25, -0.2) is 0 Å². The number of amides is 1. The fourth-order valence-electron chi connectivity index (χ4n) is 1.12. The Bertz CT molecular complexity index is 195. The van der Waals surface area contributed by atoms with E-state index in [2.05, 4.69) is 24.1 Å². The van der Waals surface area contributed by atoms with Gasteiger partial charge in [0.25, 0.3) is 0 Å². The van der Waals surface area contributed by atoms with E-state index < -0.39 is 0 Å². The molecule has 16 heavy (non-hydrogen) atoms. The van der Waals surface area contributed by atoms with Crippen LogP contribution in [-0.2, 0) is 9.53 Å². The maximum absolute atomic E-state index is 11.5. The van der Waals surface area contributed by atoms with Crippen LogP contribution in [-0.4, -0.2) is 38.3 Å². The van der Waals surface area contributed by atoms with Crippen molar-refractivity contribution in [3.05, 3.63) is 12.7 Å². The molecule has 0 fully saturated rings. The average Bonchev–Trinajstić information content (AvgIpc) is 2.28. The van der Waals surface area contributed by atoms with Crippen LogP contribution in [0.2, 0.25) is 0 Å². The van der Waals surface area contributed by atoms with Crippen molar-refractivity contribution >= 4 is 5.91 Å². The van der Waals surface area contributed by atoms with Crippen LogP contribution in [0.5, 0.6) is 0 Å². The van der Waals surface area contributed by atoms with Crippen LogP contribution in [0.3, 0.4) is 0 Å². The van der Waals surface area contributed by atoms with Crippen molar-refractivity contribution in [1.82, 2.24) is 10.6 Å². The van der Waals surface area contributed by atoms with Gasteiger partial charge >= 0.3 is 0 Å². The fourth-order valence-corrected chi connectivity index (χ4v) is 1.12. The summed E-state index contributed by atoms with van der Waals surface area (Å²) in [6.07, 6.45) is 3.27. The normalized spacial score (nSPS) is 12.1. The molecule has 0 heterocycles. The SMILES string of the molecule is C=CCCOC(C)C(=O)NCCNCCC. The van der Waals surface area contributed by atoms with Crippen molar-refractivity contribution < 1.29 is 9.53 Å². The fraction of sp³-hybridized carbons (Fsp3) is 0.750. The van der Waals surface area contributed by atoms with Gasteiger partial charge in [-0.2, -0.15) is 0 Å². The number of carbonyl (C=O) groups excluding carboxylic acids is 1. The lowest BCUT2D eigenvalue weighted by Gasteiger charge is -2.12. The molecule has 0 aromatic heterocycles. The highest BCUT2D eigenvalue weighted by Crippen LogP contribution is 1.92. The van der Waals surface area contributed by atoms with Gasteiger partial charge in [-0.3, -0.25) is 4.79 Å². The second-order valence-corrected chi connectivity index (χ2v) is 3.63. The summed E-state index contributed by atoms with van der Waals surface area (Å²) in [4.78, 5) is 11.5. The summed E-state index contributed by atoms with van der Waals surface area (Å²) in [5.74, 6) is -0.0534. The van der Waals surface area contributed by atoms with Crippen LogP contribution in [0.1, 0.15) is 26.7 Å². The van der Waals surface area contributed by atoms with E-state index in [0.717, 1.165) is 25.9 Å². The van der Waals surface area contributed by atoms with Gasteiger partial charge < -0.3 is 15.4 Å². The van der Waals surface area contributed by atoms with E-state index in [-0.39, 0.29) is 12.0 Å². The lowest BCUT2D eigenvalue weighted by atomic mass is 10.3. The number of nitrogens with one attached hydrogen (secondary N) is 2. The van der Waals surface area contributed by atoms with E-state index in [4.69, 9.17) is 4.74 Å². The molecule has 0 radical (unpaired) electrons. The Kier molecular flexibility index (Phi) is 10.1. The zero-order valence-electron chi connectivity index (χ0n) is 10.4. The van der Waals surface area contributed by atoms with Crippen molar-refractivity contribution in [2.45, 2.75) is 32.8 Å². The Labute approximate surface area is 98.4 Å². The molecule has 0 aliphatic carbocycles. The largest absolute Gasteiger partial charge is 0.368 e. The predicted octanol–water partition coefficient (Wildman–Crippen LogP) is 1.08. The van der Waals surface area contributed by atoms with Crippen LogP contribution < -0.4 is 10.6 Å². The van der Waals surface area contributed by atoms with Gasteiger partial charge in [0.05, 0.1) is 6.61 Å². The molecule has 0 rings (SSSR count). The summed E-state index contributed by atoms with van der Waals surface area (Å²) in [6, 6.07) is 0. The molecule has 0 aromatic rings. The first-order chi connectivity index (χ1) is 7.72. The molecule has 0 saturated heterocycles. The van der Waals surface area contributed by atoms with Crippen LogP contribution >= 0.6 is 0 Å². The minimum Gasteiger partial charge on any atom is -0.368 e. The molecular weight excluding hydrogens is 204 g/mol. The maximum Gasteiger partial charge on any atom is 0.248 e. The van der Waals surface area contributed by atoms with Crippen LogP contribution in [0.4, 0.5) is 0 Å². The van der Waals surface area contributed by atoms with Gasteiger partial charge in [-0.1, -0.05) is 13.0 Å². The zero-order chi connectivity index (χ0) is 12.2. The van der Waals surface area contributed by atoms with E-state index in [1.165, 1.54) is 0 Å². The molecule has 1 atom stereocenters. The summed E-state index contributed by atoms with van der Waals surface area (Å²) in [7, 11) is 0. The highest BCUT2D eigenvalue weighted by atomic mass is 16.5. The molecule has 4 nitrogen and oxygen atoms in total. The second-order valence-electron chi connectivity index (χ2n) is 3.63. The standard InChI is InChI=1S/C12H24N2O2/c1-4-6-10-16-11(3)12(15)14-9-8-13-7-5-2/h4,11,13H,1,5-10H2,2-3H3,(H,14,15). The lowest BCUT2D eigenvalue weighted by molar-refractivity contribution is -0.131. The first-order valence-corrected chi connectivity index (χ1v) is 5.93. The zero-order valence-corrected chi connectivity index (χ0v) is 10.4. The molecule has 0 aliphatic rings. The third-order valence-electron chi connectivity index (χ3n) is 2.09. The molecule has 2 N–H and O–H groups in total. The number of ether oxygens (including phenoxy) is 1. The van der Waals surface area contributed by atoms with Gasteiger partial charge in [0.1, 0.15) is 6.10 Å². The Morgan fingerprint density at radius 2 is 2.19 bits per heavy atom. The van der Waals surface area contributed by atoms with Gasteiger partial charge in [0.2, 0.25) is 5.91 Å². The molecule has 0 spiro atoms. The molecule has 94 valence electrons. The summed E-state index contributed by atoms with van der Waals surface area (Å²) < 4.78 is 5.32. The number of carbonyl (C=O) groups is 1. The van der Waals surface area contributed by atoms with Gasteiger partial charge in [0.15, 0.2) is 0 Å². The number of hydrogen-bond acceptors (Lipinski definition) is 3. The molecule has 0 aromatic carbocycles. The second kappa shape index (κ2) is 10.6. The van der Waals surface area contributed by atoms with Gasteiger partial charge in [-0.05, 0) is 26.3 Å². The van der Waals surface area contributed by atoms with Gasteiger partial charge in [0, 0.05) is 13.1 Å². The van der Waals surface area contributed by atoms with E-state index in [1.807, 2.05) is 0 Å². The van der Waals surface area contributed by atoms with Crippen molar-refractivity contribution in [3.8, 4) is 0 Å². The Balaban J connectivity index is 3.43. The first kappa shape index (κ1) is 15.1. The predicted molar refractivity (Wildman–Crippen MR) is 66.4 cm³/mol. The highest BCUT2D eigenvalue weighted by Gasteiger charge is 2.11. The molecule has 1 unspecified atom stereocenters. The highest BCUT2D eigenvalue weighted by molar-refractivity contribution is 5.80. The molecule has 0 aliphatic heterocycles. The monoisotopic (exact) mass is 228 g/mol. The third kappa shape index (κ3) is 8.44. The van der Waals surface area contributed by atoms with Crippen LogP contribution in [0.15, 0.2) is 12.7 Å². The summed E-state index contributed by atoms with van der Waals surface area (Å²) in [5, 5.41) is 6.03. The Morgan fingerprint density at radius 3 is 2.81 bits per heavy atom. The number of hydrogen-bond donors (Lipinski definition) is 2. The van der Waals surface area contributed by atoms with E-state index >= 15 is 0 Å². The van der Waals surface area contributed by atoms with E-state index in [9.17, 15) is 4.79 Å². The van der Waals surface area contributed by atoms with E-state index in [0.29, 0.717) is 13.2 Å². The summed E-state index contributed by atoms with van der Waals surface area (Å²) >= 11 is 0. The minimum atomic E-state index is -0.383. The summed E-state index contributed by atoms with van der Waals surface area (Å²) in [6.45, 7) is 10.5. The van der Waals surface area contributed by atoms with Gasteiger partial charge in [-0.15, -0.1) is 6.58 Å². The van der Waals surface area contributed by atoms with Crippen LogP contribution in [0.25, 0.3) is 0 Å². The molecule has 0 bridgehead atoms. The quantitative estimate of drug-likeness (QED) is 0.434. The third-order valence-corrected chi connectivity index (χ3v) is 2.09. The van der Waals surface area contributed by atoms with Crippen LogP contribution in [0, 0.1) is 0 Å². The summed E-state index contributed by atoms with van der Waals surface area (Å²) in [5.41, 5.74) is 0. The van der Waals surface area contributed by atoms with Crippen molar-refractivity contribution in [2.75, 3.05) is 26.2 Å². The molecule has 1 amide bonds. The lowest BCUT2D eigenvalue weighted by Crippen LogP contribution is -2.38. The number of rotatable bonds is 10. The van der Waals surface area contributed by atoms with Crippen molar-refractivity contribution in [3.63, 3.8) is 0 Å². The topological polar surface area (TPSA) is 50.4 Å².